The van der Waals surface area contributed by atoms with Gasteiger partial charge in [0.05, 0.1) is 44.1 Å². The van der Waals surface area contributed by atoms with Crippen LogP contribution in [0.4, 0.5) is 0 Å². The molecule has 16 aromatic carbocycles. The van der Waals surface area contributed by atoms with Crippen molar-refractivity contribution in [2.24, 2.45) is 0 Å². The number of nitrogens with zero attached hydrogens (tertiary/aromatic N) is 4. The van der Waals surface area contributed by atoms with Gasteiger partial charge in [0.25, 0.3) is 0 Å². The molecule has 0 aliphatic heterocycles. The molecule has 6 aromatic heterocycles. The topological polar surface area (TPSA) is 19.7 Å². The standard InChI is InChI=1S/C96H58N4S2/c1-2-16-67(17-3-1)97-84-24-10-4-18-73(84)80-54-62(37-50-88(80)97)63-40-53-91-83(56-63)76-21-7-13-27-87(76)100(91)70-45-34-61(35-46-70)72-49-48-71(95-79-23-9-15-29-93(79)102-96(72)95)60-32-43-69(44-33-60)99-86-26-12-6-20-75(86)82-57-65(39-52-90(82)99)64-38-51-89-81(55-64)74-19-5-11-25-85(74)98(89)68-41-30-59(31-42-68)66-36-47-78-77-22-8-14-28-92(77)101-94(78)58-66/h1-58H. The highest BCUT2D eigenvalue weighted by Crippen LogP contribution is 2.48. The van der Waals surface area contributed by atoms with Crippen LogP contribution in [0.15, 0.2) is 352 Å². The van der Waals surface area contributed by atoms with Gasteiger partial charge in [-0.2, -0.15) is 0 Å². The van der Waals surface area contributed by atoms with Gasteiger partial charge in [-0.15, -0.1) is 22.7 Å². The molecule has 6 heteroatoms. The fourth-order valence-electron chi connectivity index (χ4n) is 16.9. The van der Waals surface area contributed by atoms with Crippen LogP contribution in [0, 0.1) is 0 Å². The van der Waals surface area contributed by atoms with E-state index in [-0.39, 0.29) is 0 Å². The Kier molecular flexibility index (Phi) is 12.5. The van der Waals surface area contributed by atoms with Gasteiger partial charge in [0.15, 0.2) is 0 Å². The molecule has 22 rings (SSSR count). The molecule has 0 amide bonds. The average Bonchev–Trinajstić information content (AvgIpc) is 1.59. The molecule has 0 atom stereocenters. The Hall–Kier alpha value is -12.8. The lowest BCUT2D eigenvalue weighted by molar-refractivity contribution is 1.18. The molecule has 22 aromatic rings. The molecule has 0 saturated heterocycles. The molecule has 0 unspecified atom stereocenters. The Morgan fingerprint density at radius 1 is 0.167 bits per heavy atom. The van der Waals surface area contributed by atoms with E-state index in [0.717, 1.165) is 17.1 Å². The monoisotopic (exact) mass is 1330 g/mol. The number of aromatic nitrogens is 4. The van der Waals surface area contributed by atoms with E-state index in [1.54, 1.807) is 0 Å². The first-order chi connectivity index (χ1) is 50.6. The molecule has 0 radical (unpaired) electrons. The molecule has 0 saturated carbocycles. The second-order valence-corrected chi connectivity index (χ2v) is 29.2. The summed E-state index contributed by atoms with van der Waals surface area (Å²) in [6.07, 6.45) is 0. The van der Waals surface area contributed by atoms with Crippen LogP contribution in [-0.4, -0.2) is 18.3 Å². The lowest BCUT2D eigenvalue weighted by Crippen LogP contribution is -1.94. The minimum absolute atomic E-state index is 1.13. The summed E-state index contributed by atoms with van der Waals surface area (Å²) in [5.74, 6) is 0. The van der Waals surface area contributed by atoms with E-state index in [1.165, 1.54) is 189 Å². The second kappa shape index (κ2) is 22.3. The van der Waals surface area contributed by atoms with Crippen molar-refractivity contribution in [1.29, 1.82) is 0 Å². The first-order valence-electron chi connectivity index (χ1n) is 34.9. The first kappa shape index (κ1) is 57.1. The number of thiophene rings is 2. The maximum atomic E-state index is 2.44. The molecule has 0 N–H and O–H groups in total. The zero-order chi connectivity index (χ0) is 66.7. The van der Waals surface area contributed by atoms with Gasteiger partial charge in [-0.3, -0.25) is 0 Å². The molecule has 0 aliphatic carbocycles. The molecule has 0 spiro atoms. The molecule has 0 aliphatic rings. The number of fused-ring (bicyclic) bond motifs is 18. The molecule has 102 heavy (non-hydrogen) atoms. The largest absolute Gasteiger partial charge is 0.309 e. The zero-order valence-corrected chi connectivity index (χ0v) is 56.7. The van der Waals surface area contributed by atoms with E-state index >= 15 is 0 Å². The number of hydrogen-bond donors (Lipinski definition) is 0. The fraction of sp³-hybridized carbons (Fsp3) is 0. The smallest absolute Gasteiger partial charge is 0.0541 e. The van der Waals surface area contributed by atoms with Crippen LogP contribution in [0.3, 0.4) is 0 Å². The van der Waals surface area contributed by atoms with Gasteiger partial charge < -0.3 is 18.3 Å². The summed E-state index contributed by atoms with van der Waals surface area (Å²) >= 11 is 3.76. The van der Waals surface area contributed by atoms with Crippen molar-refractivity contribution in [1.82, 2.24) is 18.3 Å². The fourth-order valence-corrected chi connectivity index (χ4v) is 19.3. The van der Waals surface area contributed by atoms with Gasteiger partial charge in [0, 0.05) is 106 Å². The zero-order valence-electron chi connectivity index (χ0n) is 55.1. The summed E-state index contributed by atoms with van der Waals surface area (Å²) in [4.78, 5) is 0. The van der Waals surface area contributed by atoms with Crippen molar-refractivity contribution in [3.8, 4) is 78.4 Å². The van der Waals surface area contributed by atoms with Crippen molar-refractivity contribution in [2.45, 2.75) is 0 Å². The number of hydrogen-bond acceptors (Lipinski definition) is 2. The van der Waals surface area contributed by atoms with Crippen LogP contribution in [0.5, 0.6) is 0 Å². The van der Waals surface area contributed by atoms with Crippen molar-refractivity contribution in [3.63, 3.8) is 0 Å². The van der Waals surface area contributed by atoms with Crippen molar-refractivity contribution in [2.75, 3.05) is 0 Å². The van der Waals surface area contributed by atoms with E-state index in [1.807, 2.05) is 22.7 Å². The maximum Gasteiger partial charge on any atom is 0.0541 e. The molecule has 0 bridgehead atoms. The van der Waals surface area contributed by atoms with Crippen LogP contribution in [0.25, 0.3) is 206 Å². The normalized spacial score (nSPS) is 12.1. The average molecular weight is 1330 g/mol. The molecule has 0 fully saturated rings. The van der Waals surface area contributed by atoms with Gasteiger partial charge in [-0.05, 0) is 195 Å². The van der Waals surface area contributed by atoms with E-state index in [2.05, 4.69) is 370 Å². The van der Waals surface area contributed by atoms with Crippen molar-refractivity contribution >= 4 is 150 Å². The molecule has 474 valence electrons. The van der Waals surface area contributed by atoms with Crippen molar-refractivity contribution in [3.05, 3.63) is 352 Å². The van der Waals surface area contributed by atoms with Gasteiger partial charge >= 0.3 is 0 Å². The van der Waals surface area contributed by atoms with E-state index in [0.29, 0.717) is 0 Å². The molecule has 6 heterocycles. The predicted molar refractivity (Wildman–Crippen MR) is 437 cm³/mol. The highest BCUT2D eigenvalue weighted by molar-refractivity contribution is 7.26. The summed E-state index contributed by atoms with van der Waals surface area (Å²) < 4.78 is 14.9. The molecular weight excluding hydrogens is 1270 g/mol. The molecule has 4 nitrogen and oxygen atoms in total. The van der Waals surface area contributed by atoms with Gasteiger partial charge in [0.1, 0.15) is 0 Å². The Morgan fingerprint density at radius 2 is 0.471 bits per heavy atom. The molecular formula is C96H58N4S2. The van der Waals surface area contributed by atoms with E-state index in [4.69, 9.17) is 0 Å². The Bertz CT molecular complexity index is 7220. The summed E-state index contributed by atoms with van der Waals surface area (Å²) in [5, 5.41) is 15.2. The Morgan fingerprint density at radius 3 is 0.922 bits per heavy atom. The first-order valence-corrected chi connectivity index (χ1v) is 36.6. The van der Waals surface area contributed by atoms with Gasteiger partial charge in [-0.1, -0.05) is 212 Å². The van der Waals surface area contributed by atoms with Gasteiger partial charge in [0.2, 0.25) is 0 Å². The lowest BCUT2D eigenvalue weighted by Gasteiger charge is -2.13. The number of benzene rings is 16. The summed E-state index contributed by atoms with van der Waals surface area (Å²) in [6, 6.07) is 131. The lowest BCUT2D eigenvalue weighted by atomic mass is 9.94. The minimum atomic E-state index is 1.13. The van der Waals surface area contributed by atoms with Crippen LogP contribution >= 0.6 is 22.7 Å². The SMILES string of the molecule is c1ccc(-n2c3ccccc3c3cc(-c4ccc5c(c4)c4ccccc4n5-c4ccc(-c5ccc(-c6ccc(-n7c8ccccc8c8cc(-c9ccc%10c(c9)c9ccccc9n%10-c9ccc(-c%10ccc%11c(c%10)sc%10ccccc%10%11)cc9)ccc87)cc6)c6c5sc5ccccc56)cc4)ccc32)cc1. The number of para-hydroxylation sites is 5. The third-order valence-electron chi connectivity index (χ3n) is 21.6. The van der Waals surface area contributed by atoms with Crippen molar-refractivity contribution < 1.29 is 0 Å². The third-order valence-corrected chi connectivity index (χ3v) is 23.9. The summed E-state index contributed by atoms with van der Waals surface area (Å²) in [6.45, 7) is 0. The van der Waals surface area contributed by atoms with Crippen LogP contribution in [-0.2, 0) is 0 Å². The summed E-state index contributed by atoms with van der Waals surface area (Å²) in [7, 11) is 0. The highest BCUT2D eigenvalue weighted by Gasteiger charge is 2.22. The second-order valence-electron chi connectivity index (χ2n) is 27.1. The van der Waals surface area contributed by atoms with Crippen LogP contribution in [0.1, 0.15) is 0 Å². The maximum absolute atomic E-state index is 2.44. The van der Waals surface area contributed by atoms with Gasteiger partial charge in [-0.25, -0.2) is 0 Å². The third kappa shape index (κ3) is 8.67. The van der Waals surface area contributed by atoms with E-state index < -0.39 is 0 Å². The minimum Gasteiger partial charge on any atom is -0.309 e. The van der Waals surface area contributed by atoms with Crippen LogP contribution in [0.2, 0.25) is 0 Å². The Balaban J connectivity index is 0.576. The van der Waals surface area contributed by atoms with E-state index in [9.17, 15) is 0 Å². The summed E-state index contributed by atoms with van der Waals surface area (Å²) in [5.41, 5.74) is 26.2. The Labute approximate surface area is 594 Å². The van der Waals surface area contributed by atoms with Crippen LogP contribution < -0.4 is 0 Å². The predicted octanol–water partition coefficient (Wildman–Crippen LogP) is 27.1. The number of rotatable bonds is 9. The quantitative estimate of drug-likeness (QED) is 0.137. The highest BCUT2D eigenvalue weighted by atomic mass is 32.1.